The first-order valence-electron chi connectivity index (χ1n) is 9.52. The first kappa shape index (κ1) is 17.0. The van der Waals surface area contributed by atoms with Crippen LogP contribution in [-0.2, 0) is 11.3 Å². The molecule has 1 aromatic rings. The summed E-state index contributed by atoms with van der Waals surface area (Å²) >= 11 is 0. The van der Waals surface area contributed by atoms with E-state index in [1.165, 1.54) is 51.7 Å². The number of nitrogens with zero attached hydrogens (tertiary/aromatic N) is 1. The van der Waals surface area contributed by atoms with Gasteiger partial charge in [0.1, 0.15) is 5.82 Å². The third-order valence-electron chi connectivity index (χ3n) is 6.68. The van der Waals surface area contributed by atoms with Crippen LogP contribution in [0.2, 0.25) is 0 Å². The molecule has 0 spiro atoms. The van der Waals surface area contributed by atoms with Crippen LogP contribution in [-0.4, -0.2) is 31.6 Å². The Hall–Kier alpha value is -1.42. The minimum absolute atomic E-state index is 0.271. The molecule has 4 saturated carbocycles. The summed E-state index contributed by atoms with van der Waals surface area (Å²) in [5.74, 6) is 2.01. The average molecular weight is 344 g/mol. The molecule has 0 atom stereocenters. The molecule has 3 nitrogen and oxygen atoms in total. The summed E-state index contributed by atoms with van der Waals surface area (Å²) in [6.07, 6.45) is 8.46. The maximum atomic E-state index is 14.4. The second-order valence-electron chi connectivity index (χ2n) is 8.89. The Morgan fingerprint density at radius 1 is 1.20 bits per heavy atom. The zero-order chi connectivity index (χ0) is 17.6. The molecule has 0 heterocycles. The van der Waals surface area contributed by atoms with Crippen LogP contribution in [0.25, 0.3) is 0 Å². The molecule has 4 aliphatic carbocycles. The minimum Gasteiger partial charge on any atom is -0.465 e. The summed E-state index contributed by atoms with van der Waals surface area (Å²) in [6, 6.07) is 4.67. The highest BCUT2D eigenvalue weighted by atomic mass is 18.2. The second kappa shape index (κ2) is 6.39. The summed E-state index contributed by atoms with van der Waals surface area (Å²) in [5.41, 5.74) is 1.39. The Morgan fingerprint density at radius 2 is 1.80 bits per heavy atom. The van der Waals surface area contributed by atoms with E-state index in [9.17, 15) is 9.18 Å². The third-order valence-corrected chi connectivity index (χ3v) is 6.68. The van der Waals surface area contributed by atoms with Crippen molar-refractivity contribution in [3.05, 3.63) is 35.1 Å². The molecule has 4 fully saturated rings. The Balaban J connectivity index is 1.42. The molecule has 0 N–H and O–H groups in total. The van der Waals surface area contributed by atoms with Crippen LogP contribution >= 0.6 is 0 Å². The lowest BCUT2D eigenvalue weighted by Crippen LogP contribution is -2.50. The Bertz CT molecular complexity index is 637. The lowest BCUT2D eigenvalue weighted by atomic mass is 9.49. The Labute approximate surface area is 149 Å². The van der Waals surface area contributed by atoms with Crippen molar-refractivity contribution in [3.8, 4) is 0 Å². The number of rotatable bonds is 5. The van der Waals surface area contributed by atoms with Gasteiger partial charge in [-0.15, -0.1) is 0 Å². The van der Waals surface area contributed by atoms with Crippen LogP contribution in [0.3, 0.4) is 0 Å². The zero-order valence-electron chi connectivity index (χ0n) is 15.3. The minimum atomic E-state index is -0.493. The molecule has 0 amide bonds. The van der Waals surface area contributed by atoms with E-state index < -0.39 is 5.97 Å². The average Bonchev–Trinajstić information content (AvgIpc) is 2.54. The van der Waals surface area contributed by atoms with Gasteiger partial charge in [0.25, 0.3) is 0 Å². The number of ether oxygens (including phenoxy) is 1. The monoisotopic (exact) mass is 344 g/mol. The first-order chi connectivity index (χ1) is 12.0. The van der Waals surface area contributed by atoms with Crippen LogP contribution in [0.4, 0.5) is 4.39 Å². The molecular formula is C21H28FNO2. The third kappa shape index (κ3) is 3.33. The van der Waals surface area contributed by atoms with Gasteiger partial charge in [0.05, 0.1) is 12.7 Å². The molecule has 0 aliphatic heterocycles. The van der Waals surface area contributed by atoms with Crippen LogP contribution in [0, 0.1) is 29.0 Å². The highest BCUT2D eigenvalue weighted by Crippen LogP contribution is 2.60. The van der Waals surface area contributed by atoms with Gasteiger partial charge in [0.2, 0.25) is 0 Å². The fourth-order valence-electron chi connectivity index (χ4n) is 6.32. The van der Waals surface area contributed by atoms with Crippen molar-refractivity contribution in [3.63, 3.8) is 0 Å². The number of hydrogen-bond acceptors (Lipinski definition) is 3. The van der Waals surface area contributed by atoms with Crippen molar-refractivity contribution in [2.45, 2.75) is 45.1 Å². The van der Waals surface area contributed by atoms with Crippen LogP contribution in [0.5, 0.6) is 0 Å². The Morgan fingerprint density at radius 3 is 2.32 bits per heavy atom. The molecule has 0 aromatic heterocycles. The number of benzene rings is 1. The molecular weight excluding hydrogens is 316 g/mol. The van der Waals surface area contributed by atoms with E-state index in [1.54, 1.807) is 12.1 Å². The van der Waals surface area contributed by atoms with Crippen molar-refractivity contribution in [1.29, 1.82) is 0 Å². The van der Waals surface area contributed by atoms with Gasteiger partial charge in [0, 0.05) is 18.7 Å². The highest BCUT2D eigenvalue weighted by molar-refractivity contribution is 5.89. The second-order valence-corrected chi connectivity index (χ2v) is 8.89. The molecule has 0 unspecified atom stereocenters. The van der Waals surface area contributed by atoms with Crippen molar-refractivity contribution >= 4 is 5.97 Å². The van der Waals surface area contributed by atoms with Crippen LogP contribution < -0.4 is 0 Å². The van der Waals surface area contributed by atoms with E-state index in [-0.39, 0.29) is 11.4 Å². The molecule has 4 bridgehead atoms. The quantitative estimate of drug-likeness (QED) is 0.748. The number of halogens is 1. The van der Waals surface area contributed by atoms with Gasteiger partial charge < -0.3 is 9.64 Å². The van der Waals surface area contributed by atoms with E-state index >= 15 is 0 Å². The van der Waals surface area contributed by atoms with Gasteiger partial charge in [-0.1, -0.05) is 6.07 Å². The maximum absolute atomic E-state index is 14.4. The summed E-state index contributed by atoms with van der Waals surface area (Å²) < 4.78 is 19.0. The van der Waals surface area contributed by atoms with Gasteiger partial charge in [-0.3, -0.25) is 0 Å². The number of esters is 1. The zero-order valence-corrected chi connectivity index (χ0v) is 15.3. The summed E-state index contributed by atoms with van der Waals surface area (Å²) in [6.45, 7) is 1.66. The Kier molecular flexibility index (Phi) is 4.35. The van der Waals surface area contributed by atoms with Gasteiger partial charge in [-0.25, -0.2) is 9.18 Å². The predicted molar refractivity (Wildman–Crippen MR) is 94.7 cm³/mol. The normalized spacial score (nSPS) is 33.0. The molecule has 25 heavy (non-hydrogen) atoms. The summed E-state index contributed by atoms with van der Waals surface area (Å²) in [7, 11) is 3.42. The molecule has 0 radical (unpaired) electrons. The van der Waals surface area contributed by atoms with E-state index in [0.717, 1.165) is 24.3 Å². The number of carbonyl (C=O) groups excluding carboxylic acids is 1. The van der Waals surface area contributed by atoms with Crippen molar-refractivity contribution < 1.29 is 13.9 Å². The van der Waals surface area contributed by atoms with Crippen LogP contribution in [0.1, 0.15) is 54.4 Å². The van der Waals surface area contributed by atoms with Gasteiger partial charge in [0.15, 0.2) is 0 Å². The SMILES string of the molecule is COC(=O)c1ccc(CN(C)CC23CC4CC(CC(C4)C2)C3)c([18F])c1. The fraction of sp³-hybridized carbons (Fsp3) is 0.667. The first-order valence-corrected chi connectivity index (χ1v) is 9.52. The van der Waals surface area contributed by atoms with Crippen LogP contribution in [0.15, 0.2) is 18.2 Å². The molecule has 136 valence electrons. The lowest BCUT2D eigenvalue weighted by Gasteiger charge is -2.57. The fourth-order valence-corrected chi connectivity index (χ4v) is 6.32. The van der Waals surface area contributed by atoms with Gasteiger partial charge in [-0.05, 0) is 80.9 Å². The summed E-state index contributed by atoms with van der Waals surface area (Å²) in [5, 5.41) is 0. The highest BCUT2D eigenvalue weighted by Gasteiger charge is 2.50. The van der Waals surface area contributed by atoms with Crippen molar-refractivity contribution in [2.24, 2.45) is 23.2 Å². The maximum Gasteiger partial charge on any atom is 0.337 e. The molecule has 1 aromatic carbocycles. The van der Waals surface area contributed by atoms with Crippen molar-refractivity contribution in [1.82, 2.24) is 4.90 Å². The lowest BCUT2D eigenvalue weighted by molar-refractivity contribution is -0.0671. The molecule has 0 saturated heterocycles. The van der Waals surface area contributed by atoms with E-state index in [0.29, 0.717) is 17.5 Å². The number of methoxy groups -OCH3 is 1. The summed E-state index contributed by atoms with van der Waals surface area (Å²) in [4.78, 5) is 13.8. The number of carbonyl (C=O) groups is 1. The van der Waals surface area contributed by atoms with Crippen molar-refractivity contribution in [2.75, 3.05) is 20.7 Å². The standard InChI is InChI=1S/C21H28FNO2/c1-23(12-18-4-3-17(8-19(18)22)20(24)25-2)13-21-9-14-5-15(10-21)7-16(6-14)11-21/h3-4,8,14-16H,5-7,9-13H2,1-2H3/i22-1. The van der Waals surface area contributed by atoms with Gasteiger partial charge >= 0.3 is 5.97 Å². The predicted octanol–water partition coefficient (Wildman–Crippen LogP) is 4.26. The largest absolute Gasteiger partial charge is 0.465 e. The molecule has 5 rings (SSSR count). The smallest absolute Gasteiger partial charge is 0.337 e. The van der Waals surface area contributed by atoms with E-state index in [4.69, 9.17) is 0 Å². The van der Waals surface area contributed by atoms with Gasteiger partial charge in [-0.2, -0.15) is 0 Å². The van der Waals surface area contributed by atoms with E-state index in [2.05, 4.69) is 16.7 Å². The van der Waals surface area contributed by atoms with E-state index in [1.807, 2.05) is 0 Å². The molecule has 4 heteroatoms. The number of hydrogen-bond donors (Lipinski definition) is 0. The topological polar surface area (TPSA) is 29.5 Å². The molecule has 4 aliphatic rings.